The molecule has 0 bridgehead atoms. The Hall–Kier alpha value is 0.430. The largest absolute Gasteiger partial charge is 1.00 e. The maximum Gasteiger partial charge on any atom is 1.00 e. The van der Waals surface area contributed by atoms with E-state index < -0.39 is 14.5 Å². The lowest BCUT2D eigenvalue weighted by molar-refractivity contribution is 0.366. The highest BCUT2D eigenvalue weighted by Crippen LogP contribution is 2.71. The zero-order chi connectivity index (χ0) is 24.9. The minimum atomic E-state index is -6.00. The summed E-state index contributed by atoms with van der Waals surface area (Å²) in [4.78, 5) is 0. The topological polar surface area (TPSA) is 0 Å². The normalized spacial score (nSPS) is 14.3. The van der Waals surface area contributed by atoms with Crippen LogP contribution in [0.15, 0.2) is 0 Å². The molecule has 0 aromatic carbocycles. The van der Waals surface area contributed by atoms with Crippen molar-refractivity contribution in [3.05, 3.63) is 0 Å². The first-order chi connectivity index (χ1) is 12.0. The predicted octanol–water partition coefficient (Wildman–Crippen LogP) is 9.93. The molecule has 0 rings (SSSR count). The van der Waals surface area contributed by atoms with Crippen molar-refractivity contribution < 1.29 is 37.4 Å². The first kappa shape index (κ1) is 34.1. The van der Waals surface area contributed by atoms with Gasteiger partial charge in [0.05, 0.1) is 0 Å². The molecule has 0 nitrogen and oxygen atoms in total. The first-order valence-corrected chi connectivity index (χ1v) is 12.3. The van der Waals surface area contributed by atoms with Gasteiger partial charge >= 0.3 is 17.4 Å². The molecule has 12 heteroatoms. The average Bonchev–Trinajstić information content (AvgIpc) is 2.14. The number of rotatable bonds is 2. The number of hydrogen-bond acceptors (Lipinski definition) is 0. The van der Waals surface area contributed by atoms with Gasteiger partial charge in [0.25, 0.3) is 0 Å². The summed E-state index contributed by atoms with van der Waals surface area (Å²) in [6.07, 6.45) is 0. The van der Waals surface area contributed by atoms with E-state index in [1.54, 1.807) is 0 Å². The third-order valence-corrected chi connectivity index (χ3v) is 12.3. The summed E-state index contributed by atoms with van der Waals surface area (Å²) in [6, 6.07) is 0. The summed E-state index contributed by atoms with van der Waals surface area (Å²) in [6.45, 7) is 29.4. The Bertz CT molecular complexity index is 382. The van der Waals surface area contributed by atoms with Crippen LogP contribution < -0.4 is 0 Å². The fraction of sp³-hybridized carbons (Fsp3) is 1.00. The van der Waals surface area contributed by atoms with Gasteiger partial charge in [-0.05, 0) is 26.5 Å². The molecule has 29 heavy (non-hydrogen) atoms. The number of halogens is 8. The Morgan fingerprint density at radius 3 is 0.621 bits per heavy atom. The van der Waals surface area contributed by atoms with Crippen molar-refractivity contribution in [1.29, 1.82) is 0 Å². The second kappa shape index (κ2) is 11.3. The van der Waals surface area contributed by atoms with Crippen LogP contribution in [0.25, 0.3) is 0 Å². The standard InChI is InChI=1S/C17H38P2.2BF4/c1-14(2,3)18(15(4,5)6)13-19(16(7,8)9)17(10,11)12;2*2-1(3,4)5/h13H2,1-12H3;;/q;2*-1/p+2. The molecule has 0 aliphatic carbocycles. The van der Waals surface area contributed by atoms with Crippen LogP contribution in [0.3, 0.4) is 0 Å². The molecule has 180 valence electrons. The highest BCUT2D eigenvalue weighted by molar-refractivity contribution is 7.77. The van der Waals surface area contributed by atoms with Gasteiger partial charge in [0.15, 0.2) is 0 Å². The van der Waals surface area contributed by atoms with E-state index in [-0.39, 0.29) is 18.7 Å². The van der Waals surface area contributed by atoms with Crippen molar-refractivity contribution >= 4 is 30.4 Å². The smallest absolute Gasteiger partial charge is 0.418 e. The van der Waals surface area contributed by atoms with Gasteiger partial charge < -0.3 is 34.5 Å². The maximum absolute atomic E-state index is 9.75. The van der Waals surface area contributed by atoms with Crippen LogP contribution in [0.4, 0.5) is 34.5 Å². The van der Waals surface area contributed by atoms with E-state index in [9.17, 15) is 34.5 Å². The van der Waals surface area contributed by atoms with E-state index >= 15 is 0 Å². The monoisotopic (exact) mass is 480 g/mol. The third kappa shape index (κ3) is 24.6. The summed E-state index contributed by atoms with van der Waals surface area (Å²) in [7, 11) is -12.0. The Labute approximate surface area is 178 Å². The minimum Gasteiger partial charge on any atom is -0.418 e. The number of hydrogen-bond donors (Lipinski definition) is 0. The molecule has 0 amide bonds. The van der Waals surface area contributed by atoms with Crippen LogP contribution in [0.2, 0.25) is 0 Å². The van der Waals surface area contributed by atoms with E-state index in [1.165, 1.54) is 5.90 Å². The Kier molecular flexibility index (Phi) is 13.3. The first-order valence-electron chi connectivity index (χ1n) is 9.27. The van der Waals surface area contributed by atoms with E-state index in [0.29, 0.717) is 20.6 Å². The van der Waals surface area contributed by atoms with Gasteiger partial charge in [-0.2, -0.15) is 0 Å². The van der Waals surface area contributed by atoms with Gasteiger partial charge in [-0.3, -0.25) is 0 Å². The van der Waals surface area contributed by atoms with Crippen molar-refractivity contribution in [2.24, 2.45) is 0 Å². The minimum absolute atomic E-state index is 0. The van der Waals surface area contributed by atoms with Gasteiger partial charge in [0, 0.05) is 0 Å². The Balaban J connectivity index is -0.000000157. The molecule has 0 fully saturated rings. The van der Waals surface area contributed by atoms with Crippen LogP contribution in [-0.2, 0) is 0 Å². The molecule has 0 heterocycles. The van der Waals surface area contributed by atoms with Crippen molar-refractivity contribution in [1.82, 2.24) is 0 Å². The third-order valence-electron chi connectivity index (χ3n) is 3.52. The SMILES string of the molecule is CC(C)(C)P(CP(C(C)(C)C)C(C)(C)C)C(C)(C)C.F[B-](F)(F)F.F[B-](F)(F)F.[H+].[H+]. The lowest BCUT2D eigenvalue weighted by Crippen LogP contribution is -2.32. The Morgan fingerprint density at radius 2 is 0.552 bits per heavy atom. The van der Waals surface area contributed by atoms with E-state index in [1.807, 2.05) is 0 Å². The quantitative estimate of drug-likeness (QED) is 0.210. The summed E-state index contributed by atoms with van der Waals surface area (Å²) < 4.78 is 78.0. The van der Waals surface area contributed by atoms with E-state index in [2.05, 4.69) is 83.1 Å². The Morgan fingerprint density at radius 1 is 0.448 bits per heavy atom. The molecule has 0 saturated carbocycles. The van der Waals surface area contributed by atoms with Crippen LogP contribution in [-0.4, -0.2) is 41.0 Å². The lowest BCUT2D eigenvalue weighted by Gasteiger charge is -2.49. The maximum atomic E-state index is 9.75. The molecule has 0 N–H and O–H groups in total. The molecule has 0 aliphatic rings. The lowest BCUT2D eigenvalue weighted by atomic mass is 10.2. The van der Waals surface area contributed by atoms with Crippen molar-refractivity contribution in [3.63, 3.8) is 0 Å². The highest BCUT2D eigenvalue weighted by Gasteiger charge is 2.42. The summed E-state index contributed by atoms with van der Waals surface area (Å²) >= 11 is 0. The van der Waals surface area contributed by atoms with Gasteiger partial charge in [0.2, 0.25) is 0 Å². The van der Waals surface area contributed by atoms with E-state index in [4.69, 9.17) is 0 Å². The highest BCUT2D eigenvalue weighted by atomic mass is 31.2. The molecule has 0 radical (unpaired) electrons. The van der Waals surface area contributed by atoms with Gasteiger partial charge in [-0.1, -0.05) is 98.9 Å². The summed E-state index contributed by atoms with van der Waals surface area (Å²) in [5.74, 6) is 1.45. The van der Waals surface area contributed by atoms with Crippen LogP contribution in [0, 0.1) is 0 Å². The van der Waals surface area contributed by atoms with Gasteiger partial charge in [-0.25, -0.2) is 0 Å². The van der Waals surface area contributed by atoms with Crippen LogP contribution in [0.5, 0.6) is 0 Å². The molecular formula is C17H40B2F8P2. The fourth-order valence-electron chi connectivity index (χ4n) is 3.00. The van der Waals surface area contributed by atoms with Crippen molar-refractivity contribution in [3.8, 4) is 0 Å². The molecule has 0 unspecified atom stereocenters. The zero-order valence-electron chi connectivity index (χ0n) is 21.8. The van der Waals surface area contributed by atoms with Crippen molar-refractivity contribution in [2.45, 2.75) is 104 Å². The van der Waals surface area contributed by atoms with Crippen LogP contribution >= 0.6 is 15.8 Å². The molecule has 0 atom stereocenters. The second-order valence-electron chi connectivity index (χ2n) is 10.7. The summed E-state index contributed by atoms with van der Waals surface area (Å²) in [5.41, 5.74) is 0. The molecule has 0 saturated heterocycles. The van der Waals surface area contributed by atoms with Crippen LogP contribution in [0.1, 0.15) is 85.9 Å². The predicted molar refractivity (Wildman–Crippen MR) is 120 cm³/mol. The zero-order valence-corrected chi connectivity index (χ0v) is 21.6. The van der Waals surface area contributed by atoms with E-state index in [0.717, 1.165) is 0 Å². The molecule has 0 aromatic heterocycles. The molecule has 0 spiro atoms. The van der Waals surface area contributed by atoms with Gasteiger partial charge in [0.1, 0.15) is 0 Å². The van der Waals surface area contributed by atoms with Gasteiger partial charge in [-0.15, -0.1) is 0 Å². The second-order valence-corrected chi connectivity index (χ2v) is 18.9. The molecule has 0 aromatic rings. The molecule has 0 aliphatic heterocycles. The average molecular weight is 480 g/mol. The summed E-state index contributed by atoms with van der Waals surface area (Å²) in [5, 5.41) is 1.80. The molecular weight excluding hydrogens is 440 g/mol. The fourth-order valence-corrected chi connectivity index (χ4v) is 14.9. The van der Waals surface area contributed by atoms with Crippen molar-refractivity contribution in [2.75, 3.05) is 5.90 Å².